The van der Waals surface area contributed by atoms with E-state index in [0.29, 0.717) is 37.6 Å². The van der Waals surface area contributed by atoms with Crippen molar-refractivity contribution in [2.24, 2.45) is 0 Å². The summed E-state index contributed by atoms with van der Waals surface area (Å²) in [5.74, 6) is -2.99. The van der Waals surface area contributed by atoms with Crippen molar-refractivity contribution in [2.45, 2.75) is 12.7 Å². The van der Waals surface area contributed by atoms with Gasteiger partial charge in [-0.3, -0.25) is 9.69 Å². The van der Waals surface area contributed by atoms with Gasteiger partial charge in [-0.25, -0.2) is 4.39 Å². The molecule has 2 heterocycles. The van der Waals surface area contributed by atoms with E-state index in [0.717, 1.165) is 0 Å². The number of phenolic OH excluding ortho intramolecular Hbond substituents is 1. The van der Waals surface area contributed by atoms with Crippen molar-refractivity contribution in [3.05, 3.63) is 88.0 Å². The first-order valence-corrected chi connectivity index (χ1v) is 12.1. The molecule has 1 aromatic heterocycles. The minimum Gasteiger partial charge on any atom is -0.507 e. The van der Waals surface area contributed by atoms with Gasteiger partial charge in [0.1, 0.15) is 28.6 Å². The molecule has 0 amide bonds. The topological polar surface area (TPSA) is 75.4 Å². The molecule has 39 heavy (non-hydrogen) atoms. The first-order chi connectivity index (χ1) is 18.7. The number of piperazine rings is 1. The number of ether oxygens (including phenoxy) is 2. The van der Waals surface area contributed by atoms with E-state index in [1.54, 1.807) is 24.3 Å². The Labute approximate surface area is 220 Å². The summed E-state index contributed by atoms with van der Waals surface area (Å²) in [6.45, 7) is 1.82. The Kier molecular flexibility index (Phi) is 7.09. The van der Waals surface area contributed by atoms with Crippen molar-refractivity contribution in [1.82, 2.24) is 4.90 Å². The molecular formula is C28H24F4N2O5. The number of methoxy groups -OCH3 is 1. The fourth-order valence-electron chi connectivity index (χ4n) is 4.58. The number of phenols is 1. The number of anilines is 1. The van der Waals surface area contributed by atoms with Crippen LogP contribution in [-0.2, 0) is 12.7 Å². The zero-order valence-electron chi connectivity index (χ0n) is 20.8. The number of rotatable bonds is 6. The molecule has 0 radical (unpaired) electrons. The monoisotopic (exact) mass is 544 g/mol. The highest BCUT2D eigenvalue weighted by atomic mass is 19.4. The molecule has 0 atom stereocenters. The summed E-state index contributed by atoms with van der Waals surface area (Å²) in [6, 6.07) is 14.7. The van der Waals surface area contributed by atoms with Crippen LogP contribution in [0.2, 0.25) is 0 Å². The minimum absolute atomic E-state index is 0.0185. The van der Waals surface area contributed by atoms with Gasteiger partial charge in [0.05, 0.1) is 23.7 Å². The maximum Gasteiger partial charge on any atom is 0.453 e. The molecule has 3 aromatic carbocycles. The lowest BCUT2D eigenvalue weighted by atomic mass is 10.1. The van der Waals surface area contributed by atoms with Gasteiger partial charge in [0.15, 0.2) is 0 Å². The van der Waals surface area contributed by atoms with Crippen molar-refractivity contribution in [1.29, 1.82) is 0 Å². The first kappa shape index (κ1) is 26.4. The number of alkyl halides is 3. The molecular weight excluding hydrogens is 520 g/mol. The summed E-state index contributed by atoms with van der Waals surface area (Å²) in [7, 11) is 1.39. The van der Waals surface area contributed by atoms with Gasteiger partial charge in [-0.15, -0.1) is 0 Å². The normalized spacial score (nSPS) is 14.5. The molecule has 0 saturated carbocycles. The molecule has 7 nitrogen and oxygen atoms in total. The maximum absolute atomic E-state index is 14.2. The van der Waals surface area contributed by atoms with E-state index in [4.69, 9.17) is 13.9 Å². The summed E-state index contributed by atoms with van der Waals surface area (Å²) in [6.07, 6.45) is -5.06. The number of hydrogen-bond donors (Lipinski definition) is 1. The summed E-state index contributed by atoms with van der Waals surface area (Å²) < 4.78 is 72.2. The van der Waals surface area contributed by atoms with Crippen molar-refractivity contribution in [3.63, 3.8) is 0 Å². The number of halogens is 4. The molecule has 0 unspecified atom stereocenters. The van der Waals surface area contributed by atoms with E-state index in [1.807, 2.05) is 9.80 Å². The molecule has 11 heteroatoms. The summed E-state index contributed by atoms with van der Waals surface area (Å²) in [5, 5.41) is 10.4. The predicted molar refractivity (Wildman–Crippen MR) is 136 cm³/mol. The van der Waals surface area contributed by atoms with Gasteiger partial charge in [-0.1, -0.05) is 18.2 Å². The summed E-state index contributed by atoms with van der Waals surface area (Å²) >= 11 is 0. The predicted octanol–water partition coefficient (Wildman–Crippen LogP) is 5.78. The Hall–Kier alpha value is -4.25. The lowest BCUT2D eigenvalue weighted by Crippen LogP contribution is -2.46. The quantitative estimate of drug-likeness (QED) is 0.309. The lowest BCUT2D eigenvalue weighted by molar-refractivity contribution is -0.154. The van der Waals surface area contributed by atoms with E-state index < -0.39 is 23.1 Å². The van der Waals surface area contributed by atoms with Gasteiger partial charge in [0.2, 0.25) is 11.2 Å². The van der Waals surface area contributed by atoms with Crippen LogP contribution >= 0.6 is 0 Å². The van der Waals surface area contributed by atoms with Crippen LogP contribution in [0.5, 0.6) is 23.0 Å². The largest absolute Gasteiger partial charge is 0.507 e. The van der Waals surface area contributed by atoms with Crippen molar-refractivity contribution in [2.75, 3.05) is 38.2 Å². The third-order valence-corrected chi connectivity index (χ3v) is 6.56. The van der Waals surface area contributed by atoms with Crippen molar-refractivity contribution >= 4 is 16.7 Å². The molecule has 0 spiro atoms. The molecule has 204 valence electrons. The van der Waals surface area contributed by atoms with Crippen LogP contribution in [0.1, 0.15) is 11.3 Å². The molecule has 1 saturated heterocycles. The molecule has 1 fully saturated rings. The van der Waals surface area contributed by atoms with E-state index in [9.17, 15) is 27.5 Å². The van der Waals surface area contributed by atoms with Crippen LogP contribution in [0.15, 0.2) is 69.9 Å². The average molecular weight is 545 g/mol. The fraction of sp³-hybridized carbons (Fsp3) is 0.250. The van der Waals surface area contributed by atoms with Gasteiger partial charge in [0, 0.05) is 38.8 Å². The average Bonchev–Trinajstić information content (AvgIpc) is 2.92. The van der Waals surface area contributed by atoms with Crippen LogP contribution in [0.3, 0.4) is 0 Å². The molecule has 5 rings (SSSR count). The first-order valence-electron chi connectivity index (χ1n) is 12.1. The number of nitrogens with zero attached hydrogens (tertiary/aromatic N) is 2. The number of aromatic hydroxyl groups is 1. The zero-order valence-corrected chi connectivity index (χ0v) is 20.8. The molecule has 4 aromatic rings. The van der Waals surface area contributed by atoms with Gasteiger partial charge < -0.3 is 23.9 Å². The van der Waals surface area contributed by atoms with Crippen molar-refractivity contribution < 1.29 is 36.6 Å². The van der Waals surface area contributed by atoms with E-state index in [-0.39, 0.29) is 40.4 Å². The van der Waals surface area contributed by atoms with Crippen LogP contribution in [-0.4, -0.2) is 43.3 Å². The number of fused-ring (bicyclic) bond motifs is 1. The Morgan fingerprint density at radius 2 is 1.69 bits per heavy atom. The van der Waals surface area contributed by atoms with Gasteiger partial charge in [-0.05, 0) is 36.4 Å². The van der Waals surface area contributed by atoms with Crippen LogP contribution in [0.25, 0.3) is 11.0 Å². The van der Waals surface area contributed by atoms with E-state index in [2.05, 4.69) is 0 Å². The molecule has 1 N–H and O–H groups in total. The second-order valence-corrected chi connectivity index (χ2v) is 9.02. The summed E-state index contributed by atoms with van der Waals surface area (Å²) in [5.41, 5.74) is -0.893. The highest BCUT2D eigenvalue weighted by molar-refractivity contribution is 5.83. The Balaban J connectivity index is 1.49. The van der Waals surface area contributed by atoms with Gasteiger partial charge in [0.25, 0.3) is 5.76 Å². The van der Waals surface area contributed by atoms with Crippen molar-refractivity contribution in [3.8, 4) is 23.0 Å². The molecule has 1 aliphatic rings. The Bertz CT molecular complexity index is 1560. The van der Waals surface area contributed by atoms with E-state index >= 15 is 0 Å². The standard InChI is InChI=1S/C28H24F4N2O5/c1-37-17-5-4-6-18(15-17)38-26-24(36)19-9-10-23(35)20(25(19)39-27(26)28(30,31)32)16-33-11-13-34(14-12-33)22-8-3-2-7-21(22)29/h2-10,15,35H,11-14,16H2,1H3. The zero-order chi connectivity index (χ0) is 27.7. The highest BCUT2D eigenvalue weighted by Gasteiger charge is 2.41. The Morgan fingerprint density at radius 1 is 0.974 bits per heavy atom. The molecule has 0 bridgehead atoms. The number of para-hydroxylation sites is 1. The third kappa shape index (κ3) is 5.35. The third-order valence-electron chi connectivity index (χ3n) is 6.56. The Morgan fingerprint density at radius 3 is 2.38 bits per heavy atom. The second-order valence-electron chi connectivity index (χ2n) is 9.02. The molecule has 0 aliphatic carbocycles. The van der Waals surface area contributed by atoms with E-state index in [1.165, 1.54) is 43.5 Å². The lowest BCUT2D eigenvalue weighted by Gasteiger charge is -2.36. The minimum atomic E-state index is -5.06. The van der Waals surface area contributed by atoms with Gasteiger partial charge >= 0.3 is 6.18 Å². The number of benzene rings is 3. The second kappa shape index (κ2) is 10.5. The fourth-order valence-corrected chi connectivity index (χ4v) is 4.58. The van der Waals surface area contributed by atoms with Crippen LogP contribution < -0.4 is 19.8 Å². The van der Waals surface area contributed by atoms with Crippen LogP contribution in [0, 0.1) is 5.82 Å². The van der Waals surface area contributed by atoms with Gasteiger partial charge in [-0.2, -0.15) is 13.2 Å². The van der Waals surface area contributed by atoms with Crippen LogP contribution in [0.4, 0.5) is 23.2 Å². The highest BCUT2D eigenvalue weighted by Crippen LogP contribution is 2.40. The SMILES string of the molecule is COc1cccc(Oc2c(C(F)(F)F)oc3c(CN4CCN(c5ccccc5F)CC4)c(O)ccc3c2=O)c1. The maximum atomic E-state index is 14.2. The smallest absolute Gasteiger partial charge is 0.453 e. The summed E-state index contributed by atoms with van der Waals surface area (Å²) in [4.78, 5) is 17.1. The number of hydrogen-bond acceptors (Lipinski definition) is 7. The molecule has 1 aliphatic heterocycles.